The predicted molar refractivity (Wildman–Crippen MR) is 88.4 cm³/mol. The van der Waals surface area contributed by atoms with E-state index < -0.39 is 0 Å². The molecule has 1 aromatic heterocycles. The van der Waals surface area contributed by atoms with E-state index in [-0.39, 0.29) is 5.69 Å². The number of nitriles is 1. The topological polar surface area (TPSA) is 63.1 Å². The smallest absolute Gasteiger partial charge is 0.296 e. The van der Waals surface area contributed by atoms with Gasteiger partial charge in [-0.1, -0.05) is 31.5 Å². The summed E-state index contributed by atoms with van der Waals surface area (Å²) in [5, 5.41) is 9.66. The quantitative estimate of drug-likeness (QED) is 0.813. The van der Waals surface area contributed by atoms with Crippen LogP contribution in [0.5, 0.6) is 0 Å². The Morgan fingerprint density at radius 3 is 2.78 bits per heavy atom. The van der Waals surface area contributed by atoms with Crippen LogP contribution in [0.1, 0.15) is 37.4 Å². The van der Waals surface area contributed by atoms with Gasteiger partial charge in [-0.2, -0.15) is 5.26 Å². The second-order valence-corrected chi connectivity index (χ2v) is 5.70. The second-order valence-electron chi connectivity index (χ2n) is 5.70. The van der Waals surface area contributed by atoms with Crippen LogP contribution >= 0.6 is 0 Å². The maximum Gasteiger partial charge on any atom is 0.334 e. The molecule has 0 bridgehead atoms. The van der Waals surface area contributed by atoms with Crippen LogP contribution in [0, 0.1) is 11.3 Å². The van der Waals surface area contributed by atoms with Crippen molar-refractivity contribution in [2.45, 2.75) is 39.2 Å². The molecule has 23 heavy (non-hydrogen) atoms. The van der Waals surface area contributed by atoms with E-state index in [1.54, 1.807) is 9.13 Å². The Balaban J connectivity index is 2.35. The van der Waals surface area contributed by atoms with E-state index in [0.717, 1.165) is 37.1 Å². The molecule has 3 rings (SSSR count). The van der Waals surface area contributed by atoms with Crippen molar-refractivity contribution in [1.82, 2.24) is 9.13 Å². The zero-order valence-electron chi connectivity index (χ0n) is 13.3. The van der Waals surface area contributed by atoms with Gasteiger partial charge in [-0.3, -0.25) is 9.56 Å². The highest BCUT2D eigenvalue weighted by atomic mass is 16.1. The van der Waals surface area contributed by atoms with E-state index >= 15 is 0 Å². The van der Waals surface area contributed by atoms with E-state index in [1.807, 2.05) is 30.3 Å². The highest BCUT2D eigenvalue weighted by molar-refractivity contribution is 5.38. The monoisotopic (exact) mass is 308 g/mol. The first-order valence-electron chi connectivity index (χ1n) is 8.12. The highest BCUT2D eigenvalue weighted by Crippen LogP contribution is 2.14. The Morgan fingerprint density at radius 2 is 2.09 bits per heavy atom. The average molecular weight is 308 g/mol. The van der Waals surface area contributed by atoms with Gasteiger partial charge in [-0.15, -0.1) is 0 Å². The molecule has 0 N–H and O–H groups in total. The van der Waals surface area contributed by atoms with Crippen molar-refractivity contribution in [3.05, 3.63) is 57.6 Å². The third kappa shape index (κ3) is 2.72. The van der Waals surface area contributed by atoms with Crippen molar-refractivity contribution >= 4 is 0 Å². The van der Waals surface area contributed by atoms with Crippen LogP contribution in [0.25, 0.3) is 5.69 Å². The Labute approximate surface area is 135 Å². The SMILES string of the molecule is CCCCN=c1c(C#N)c2n(c(=O)n1-c1ccccc1)CCC2. The van der Waals surface area contributed by atoms with Crippen molar-refractivity contribution in [1.29, 1.82) is 5.26 Å². The van der Waals surface area contributed by atoms with Crippen molar-refractivity contribution in [3.8, 4) is 11.8 Å². The first-order valence-corrected chi connectivity index (χ1v) is 8.12. The minimum atomic E-state index is -0.0991. The molecule has 0 radical (unpaired) electrons. The van der Waals surface area contributed by atoms with Crippen LogP contribution in [0.2, 0.25) is 0 Å². The number of benzene rings is 1. The van der Waals surface area contributed by atoms with Gasteiger partial charge in [0, 0.05) is 18.8 Å². The van der Waals surface area contributed by atoms with E-state index in [9.17, 15) is 10.1 Å². The number of hydrogen-bond acceptors (Lipinski definition) is 3. The number of unbranched alkanes of at least 4 members (excludes halogenated alkanes) is 1. The second kappa shape index (κ2) is 6.66. The molecule has 2 heterocycles. The van der Waals surface area contributed by atoms with Crippen LogP contribution < -0.4 is 11.2 Å². The number of aromatic nitrogens is 2. The van der Waals surface area contributed by atoms with Crippen molar-refractivity contribution < 1.29 is 0 Å². The average Bonchev–Trinajstić information content (AvgIpc) is 3.06. The molecule has 1 aromatic carbocycles. The number of nitrogens with zero attached hydrogens (tertiary/aromatic N) is 4. The minimum absolute atomic E-state index is 0.0991. The lowest BCUT2D eigenvalue weighted by molar-refractivity contribution is 0.650. The number of fused-ring (bicyclic) bond motifs is 1. The van der Waals surface area contributed by atoms with Gasteiger partial charge in [-0.25, -0.2) is 9.36 Å². The highest BCUT2D eigenvalue weighted by Gasteiger charge is 2.22. The number of hydrogen-bond donors (Lipinski definition) is 0. The normalized spacial score (nSPS) is 13.8. The summed E-state index contributed by atoms with van der Waals surface area (Å²) < 4.78 is 3.31. The van der Waals surface area contributed by atoms with Crippen molar-refractivity contribution in [2.75, 3.05) is 6.54 Å². The molecular formula is C18H20N4O. The Morgan fingerprint density at radius 1 is 1.30 bits per heavy atom. The predicted octanol–water partition coefficient (Wildman–Crippen LogP) is 2.16. The van der Waals surface area contributed by atoms with Gasteiger partial charge in [0.25, 0.3) is 0 Å². The minimum Gasteiger partial charge on any atom is -0.296 e. The van der Waals surface area contributed by atoms with Gasteiger partial charge in [-0.05, 0) is 31.4 Å². The van der Waals surface area contributed by atoms with Crippen LogP contribution in [0.3, 0.4) is 0 Å². The zero-order chi connectivity index (χ0) is 16.2. The van der Waals surface area contributed by atoms with Crippen LogP contribution in [-0.4, -0.2) is 15.7 Å². The molecule has 5 nitrogen and oxygen atoms in total. The molecular weight excluding hydrogens is 288 g/mol. The van der Waals surface area contributed by atoms with Crippen LogP contribution in [0.4, 0.5) is 0 Å². The third-order valence-electron chi connectivity index (χ3n) is 4.17. The molecule has 0 aliphatic carbocycles. The summed E-state index contributed by atoms with van der Waals surface area (Å²) in [6, 6.07) is 11.7. The fourth-order valence-corrected chi connectivity index (χ4v) is 3.01. The Hall–Kier alpha value is -2.61. The fourth-order valence-electron chi connectivity index (χ4n) is 3.01. The molecule has 0 saturated carbocycles. The summed E-state index contributed by atoms with van der Waals surface area (Å²) in [5.74, 6) is 0. The molecule has 0 saturated heterocycles. The number of rotatable bonds is 4. The lowest BCUT2D eigenvalue weighted by Gasteiger charge is -2.13. The Kier molecular flexibility index (Phi) is 4.42. The largest absolute Gasteiger partial charge is 0.334 e. The molecule has 2 aromatic rings. The zero-order valence-corrected chi connectivity index (χ0v) is 13.3. The maximum atomic E-state index is 12.9. The molecule has 118 valence electrons. The van der Waals surface area contributed by atoms with Gasteiger partial charge >= 0.3 is 5.69 Å². The summed E-state index contributed by atoms with van der Waals surface area (Å²) in [4.78, 5) is 17.5. The summed E-state index contributed by atoms with van der Waals surface area (Å²) >= 11 is 0. The summed E-state index contributed by atoms with van der Waals surface area (Å²) in [6.07, 6.45) is 3.64. The molecule has 0 atom stereocenters. The lowest BCUT2D eigenvalue weighted by Crippen LogP contribution is -2.41. The molecule has 1 aliphatic heterocycles. The van der Waals surface area contributed by atoms with E-state index in [2.05, 4.69) is 18.0 Å². The van der Waals surface area contributed by atoms with E-state index in [4.69, 9.17) is 0 Å². The lowest BCUT2D eigenvalue weighted by atomic mass is 10.2. The molecule has 5 heteroatoms. The van der Waals surface area contributed by atoms with Crippen molar-refractivity contribution in [3.63, 3.8) is 0 Å². The molecule has 1 aliphatic rings. The summed E-state index contributed by atoms with van der Waals surface area (Å²) in [5.41, 5.74) is 2.54. The Bertz CT molecular complexity index is 869. The van der Waals surface area contributed by atoms with Gasteiger partial charge in [0.15, 0.2) is 5.49 Å². The number of para-hydroxylation sites is 1. The molecule has 0 unspecified atom stereocenters. The van der Waals surface area contributed by atoms with E-state index in [1.165, 1.54) is 0 Å². The standard InChI is InChI=1S/C18H20N4O/c1-2-3-11-20-17-15(13-19)16-10-7-12-21(16)18(23)22(17)14-8-5-4-6-9-14/h4-6,8-9H,2-3,7,10-12H2,1H3. The third-order valence-corrected chi connectivity index (χ3v) is 4.17. The van der Waals surface area contributed by atoms with Crippen LogP contribution in [-0.2, 0) is 13.0 Å². The first kappa shape index (κ1) is 15.3. The first-order chi connectivity index (χ1) is 11.3. The van der Waals surface area contributed by atoms with Gasteiger partial charge in [0.1, 0.15) is 11.6 Å². The maximum absolute atomic E-state index is 12.9. The van der Waals surface area contributed by atoms with Crippen LogP contribution in [0.15, 0.2) is 40.1 Å². The fraction of sp³-hybridized carbons (Fsp3) is 0.389. The summed E-state index contributed by atoms with van der Waals surface area (Å²) in [7, 11) is 0. The molecule has 0 amide bonds. The summed E-state index contributed by atoms with van der Waals surface area (Å²) in [6.45, 7) is 3.40. The van der Waals surface area contributed by atoms with Crippen molar-refractivity contribution in [2.24, 2.45) is 4.99 Å². The van der Waals surface area contributed by atoms with Gasteiger partial charge in [0.05, 0.1) is 5.69 Å². The molecule has 0 fully saturated rings. The van der Waals surface area contributed by atoms with Gasteiger partial charge in [0.2, 0.25) is 0 Å². The van der Waals surface area contributed by atoms with E-state index in [0.29, 0.717) is 24.1 Å². The molecule has 0 spiro atoms. The van der Waals surface area contributed by atoms with Gasteiger partial charge < -0.3 is 0 Å².